The van der Waals surface area contributed by atoms with Crippen LogP contribution in [0.1, 0.15) is 5.82 Å². The van der Waals surface area contributed by atoms with E-state index in [0.29, 0.717) is 19.6 Å². The molecule has 0 aliphatic rings. The summed E-state index contributed by atoms with van der Waals surface area (Å²) in [6.07, 6.45) is 3.81. The molecule has 0 aliphatic carbocycles. The summed E-state index contributed by atoms with van der Waals surface area (Å²) < 4.78 is 6.64. The number of carbonyl (C=O) groups is 1. The van der Waals surface area contributed by atoms with Gasteiger partial charge in [0.2, 0.25) is 5.91 Å². The number of aryl methyl sites for hydroxylation is 1. The van der Waals surface area contributed by atoms with Crippen LogP contribution in [0.4, 0.5) is 0 Å². The van der Waals surface area contributed by atoms with E-state index in [1.165, 1.54) is 0 Å². The van der Waals surface area contributed by atoms with Crippen LogP contribution in [0, 0.1) is 0 Å². The molecule has 0 aromatic carbocycles. The molecule has 0 radical (unpaired) electrons. The first-order chi connectivity index (χ1) is 6.74. The fourth-order valence-electron chi connectivity index (χ4n) is 1.07. The van der Waals surface area contributed by atoms with Crippen LogP contribution in [0.2, 0.25) is 0 Å². The molecular formula is C9H15N3O2. The molecule has 1 rings (SSSR count). The first-order valence-corrected chi connectivity index (χ1v) is 4.46. The largest absolute Gasteiger partial charge is 0.383 e. The molecule has 0 saturated carbocycles. The van der Waals surface area contributed by atoms with E-state index >= 15 is 0 Å². The summed E-state index contributed by atoms with van der Waals surface area (Å²) >= 11 is 0. The van der Waals surface area contributed by atoms with Gasteiger partial charge in [-0.25, -0.2) is 4.98 Å². The number of carbonyl (C=O) groups excluding carboxylic acids is 1. The van der Waals surface area contributed by atoms with E-state index in [-0.39, 0.29) is 5.91 Å². The lowest BCUT2D eigenvalue weighted by atomic mass is 10.4. The first kappa shape index (κ1) is 10.7. The number of hydrogen-bond donors (Lipinski definition) is 1. The Morgan fingerprint density at radius 3 is 3.07 bits per heavy atom. The zero-order chi connectivity index (χ0) is 10.4. The number of nitrogens with one attached hydrogen (secondary N) is 1. The Bertz CT molecular complexity index is 296. The summed E-state index contributed by atoms with van der Waals surface area (Å²) in [4.78, 5) is 15.4. The molecule has 0 spiro atoms. The Labute approximate surface area is 83.1 Å². The van der Waals surface area contributed by atoms with E-state index in [1.54, 1.807) is 13.3 Å². The highest BCUT2D eigenvalue weighted by Gasteiger charge is 2.05. The summed E-state index contributed by atoms with van der Waals surface area (Å²) in [7, 11) is 3.47. The lowest BCUT2D eigenvalue weighted by Gasteiger charge is -2.04. The van der Waals surface area contributed by atoms with Crippen LogP contribution in [0.15, 0.2) is 12.4 Å². The lowest BCUT2D eigenvalue weighted by molar-refractivity contribution is -0.120. The first-order valence-electron chi connectivity index (χ1n) is 4.46. The van der Waals surface area contributed by atoms with E-state index in [4.69, 9.17) is 4.74 Å². The Morgan fingerprint density at radius 1 is 1.71 bits per heavy atom. The van der Waals surface area contributed by atoms with Crippen LogP contribution in [0.3, 0.4) is 0 Å². The third-order valence-corrected chi connectivity index (χ3v) is 1.87. The van der Waals surface area contributed by atoms with Crippen LogP contribution < -0.4 is 5.32 Å². The van der Waals surface area contributed by atoms with E-state index in [2.05, 4.69) is 10.3 Å². The number of imidazole rings is 1. The summed E-state index contributed by atoms with van der Waals surface area (Å²) in [6, 6.07) is 0. The second-order valence-electron chi connectivity index (χ2n) is 2.97. The Balaban J connectivity index is 2.31. The Kier molecular flexibility index (Phi) is 4.12. The van der Waals surface area contributed by atoms with Crippen molar-refractivity contribution in [2.24, 2.45) is 7.05 Å². The second-order valence-corrected chi connectivity index (χ2v) is 2.97. The van der Waals surface area contributed by atoms with Gasteiger partial charge in [0.1, 0.15) is 5.82 Å². The van der Waals surface area contributed by atoms with Gasteiger partial charge in [0.25, 0.3) is 0 Å². The molecule has 1 amide bonds. The van der Waals surface area contributed by atoms with Gasteiger partial charge in [0, 0.05) is 33.1 Å². The quantitative estimate of drug-likeness (QED) is 0.661. The van der Waals surface area contributed by atoms with Crippen LogP contribution in [0.25, 0.3) is 0 Å². The predicted octanol–water partition coefficient (Wildman–Crippen LogP) is -0.275. The predicted molar refractivity (Wildman–Crippen MR) is 51.8 cm³/mol. The molecule has 5 nitrogen and oxygen atoms in total. The third kappa shape index (κ3) is 3.18. The summed E-state index contributed by atoms with van der Waals surface area (Å²) in [5.74, 6) is 0.733. The topological polar surface area (TPSA) is 56.1 Å². The van der Waals surface area contributed by atoms with Gasteiger partial charge in [-0.3, -0.25) is 4.79 Å². The summed E-state index contributed by atoms with van der Waals surface area (Å²) in [6.45, 7) is 1.08. The minimum Gasteiger partial charge on any atom is -0.383 e. The number of rotatable bonds is 5. The van der Waals surface area contributed by atoms with Crippen LogP contribution in [0.5, 0.6) is 0 Å². The number of amides is 1. The van der Waals surface area contributed by atoms with E-state index in [1.807, 2.05) is 17.8 Å². The molecular weight excluding hydrogens is 182 g/mol. The van der Waals surface area contributed by atoms with Gasteiger partial charge in [0.15, 0.2) is 0 Å². The maximum atomic E-state index is 11.3. The molecule has 0 unspecified atom stereocenters. The van der Waals surface area contributed by atoms with Crippen molar-refractivity contribution < 1.29 is 9.53 Å². The minimum atomic E-state index is -0.0312. The monoisotopic (exact) mass is 197 g/mol. The standard InChI is InChI=1S/C9H15N3O2/c1-12-5-3-10-8(12)7-9(13)11-4-6-14-2/h3,5H,4,6-7H2,1-2H3,(H,11,13). The zero-order valence-electron chi connectivity index (χ0n) is 8.49. The maximum absolute atomic E-state index is 11.3. The van der Waals surface area contributed by atoms with Gasteiger partial charge in [-0.2, -0.15) is 0 Å². The van der Waals surface area contributed by atoms with Crippen molar-refractivity contribution in [2.45, 2.75) is 6.42 Å². The number of hydrogen-bond acceptors (Lipinski definition) is 3. The van der Waals surface area contributed by atoms with E-state index in [9.17, 15) is 4.79 Å². The maximum Gasteiger partial charge on any atom is 0.227 e. The number of aromatic nitrogens is 2. The van der Waals surface area contributed by atoms with Crippen LogP contribution in [-0.4, -0.2) is 35.7 Å². The molecule has 1 aromatic heterocycles. The lowest BCUT2D eigenvalue weighted by Crippen LogP contribution is -2.29. The normalized spacial score (nSPS) is 10.1. The molecule has 1 aromatic rings. The van der Waals surface area contributed by atoms with E-state index in [0.717, 1.165) is 5.82 Å². The SMILES string of the molecule is COCCNC(=O)Cc1nccn1C. The molecule has 0 aliphatic heterocycles. The molecule has 78 valence electrons. The number of methoxy groups -OCH3 is 1. The van der Waals surface area contributed by atoms with Gasteiger partial charge in [-0.05, 0) is 0 Å². The van der Waals surface area contributed by atoms with Crippen LogP contribution >= 0.6 is 0 Å². The minimum absolute atomic E-state index is 0.0312. The fraction of sp³-hybridized carbons (Fsp3) is 0.556. The van der Waals surface area contributed by atoms with Crippen molar-refractivity contribution in [3.63, 3.8) is 0 Å². The van der Waals surface area contributed by atoms with Crippen molar-refractivity contribution in [1.29, 1.82) is 0 Å². The highest BCUT2D eigenvalue weighted by Crippen LogP contribution is 1.94. The van der Waals surface area contributed by atoms with Gasteiger partial charge < -0.3 is 14.6 Å². The van der Waals surface area contributed by atoms with Crippen molar-refractivity contribution >= 4 is 5.91 Å². The zero-order valence-corrected chi connectivity index (χ0v) is 8.49. The van der Waals surface area contributed by atoms with Crippen molar-refractivity contribution in [1.82, 2.24) is 14.9 Å². The van der Waals surface area contributed by atoms with Crippen molar-refractivity contribution in [2.75, 3.05) is 20.3 Å². The number of ether oxygens (including phenoxy) is 1. The second kappa shape index (κ2) is 5.39. The fourth-order valence-corrected chi connectivity index (χ4v) is 1.07. The van der Waals surface area contributed by atoms with E-state index < -0.39 is 0 Å². The molecule has 1 N–H and O–H groups in total. The summed E-state index contributed by atoms with van der Waals surface area (Å²) in [5.41, 5.74) is 0. The molecule has 0 bridgehead atoms. The Morgan fingerprint density at radius 2 is 2.50 bits per heavy atom. The van der Waals surface area contributed by atoms with Gasteiger partial charge >= 0.3 is 0 Å². The van der Waals surface area contributed by atoms with Gasteiger partial charge in [-0.15, -0.1) is 0 Å². The highest BCUT2D eigenvalue weighted by molar-refractivity contribution is 5.77. The molecule has 5 heteroatoms. The molecule has 14 heavy (non-hydrogen) atoms. The molecule has 0 saturated heterocycles. The summed E-state index contributed by atoms with van der Waals surface area (Å²) in [5, 5.41) is 2.73. The molecule has 0 fully saturated rings. The van der Waals surface area contributed by atoms with Crippen molar-refractivity contribution in [3.8, 4) is 0 Å². The van der Waals surface area contributed by atoms with Gasteiger partial charge in [0.05, 0.1) is 13.0 Å². The van der Waals surface area contributed by atoms with Crippen molar-refractivity contribution in [3.05, 3.63) is 18.2 Å². The van der Waals surface area contributed by atoms with Crippen LogP contribution in [-0.2, 0) is 23.0 Å². The third-order valence-electron chi connectivity index (χ3n) is 1.87. The number of nitrogens with zero attached hydrogens (tertiary/aromatic N) is 2. The van der Waals surface area contributed by atoms with Gasteiger partial charge in [-0.1, -0.05) is 0 Å². The molecule has 0 atom stereocenters. The average Bonchev–Trinajstić information content (AvgIpc) is 2.52. The molecule has 1 heterocycles. The highest BCUT2D eigenvalue weighted by atomic mass is 16.5. The smallest absolute Gasteiger partial charge is 0.227 e. The average molecular weight is 197 g/mol. The Hall–Kier alpha value is -1.36.